The Balaban J connectivity index is 2.39. The highest BCUT2D eigenvalue weighted by atomic mass is 16.5. The zero-order valence-electron chi connectivity index (χ0n) is 7.92. The Labute approximate surface area is 78.7 Å². The summed E-state index contributed by atoms with van der Waals surface area (Å²) in [5, 5.41) is 0. The fourth-order valence-electron chi connectivity index (χ4n) is 1.96. The van der Waals surface area contributed by atoms with Crippen molar-refractivity contribution in [3.05, 3.63) is 29.3 Å². The maximum absolute atomic E-state index is 6.00. The molecular weight excluding hydrogens is 162 g/mol. The van der Waals surface area contributed by atoms with E-state index in [0.717, 1.165) is 18.6 Å². The molecule has 2 rings (SSSR count). The predicted molar refractivity (Wildman–Crippen MR) is 52.9 cm³/mol. The minimum absolute atomic E-state index is 0.231. The molecule has 2 nitrogen and oxygen atoms in total. The molecule has 0 bridgehead atoms. The molecule has 0 fully saturated rings. The van der Waals surface area contributed by atoms with Crippen molar-refractivity contribution in [1.82, 2.24) is 0 Å². The van der Waals surface area contributed by atoms with Gasteiger partial charge in [0, 0.05) is 6.04 Å². The number of benzene rings is 1. The van der Waals surface area contributed by atoms with Crippen molar-refractivity contribution in [3.8, 4) is 5.75 Å². The maximum atomic E-state index is 6.00. The van der Waals surface area contributed by atoms with Gasteiger partial charge in [-0.15, -0.1) is 0 Å². The van der Waals surface area contributed by atoms with Crippen molar-refractivity contribution in [2.24, 2.45) is 5.73 Å². The number of aryl methyl sites for hydroxylation is 1. The summed E-state index contributed by atoms with van der Waals surface area (Å²) in [6.07, 6.45) is 3.45. The molecular formula is C11H15NO. The SMILES string of the molecule is COc1ccc2c(c1)CCC[C@@H]2N. The number of hydrogen-bond donors (Lipinski definition) is 1. The van der Waals surface area contributed by atoms with Crippen LogP contribution in [0.15, 0.2) is 18.2 Å². The number of ether oxygens (including phenoxy) is 1. The summed E-state index contributed by atoms with van der Waals surface area (Å²) in [6, 6.07) is 6.42. The molecule has 0 aromatic heterocycles. The van der Waals surface area contributed by atoms with E-state index in [1.54, 1.807) is 7.11 Å². The largest absolute Gasteiger partial charge is 0.497 e. The Hall–Kier alpha value is -1.02. The third kappa shape index (κ3) is 1.54. The molecule has 0 heterocycles. The van der Waals surface area contributed by atoms with Crippen LogP contribution in [0, 0.1) is 0 Å². The van der Waals surface area contributed by atoms with E-state index in [0.29, 0.717) is 0 Å². The summed E-state index contributed by atoms with van der Waals surface area (Å²) in [5.74, 6) is 0.938. The van der Waals surface area contributed by atoms with Gasteiger partial charge in [-0.2, -0.15) is 0 Å². The van der Waals surface area contributed by atoms with Crippen LogP contribution in [-0.4, -0.2) is 7.11 Å². The molecule has 1 aromatic carbocycles. The Morgan fingerprint density at radius 3 is 3.08 bits per heavy atom. The molecule has 1 atom stereocenters. The van der Waals surface area contributed by atoms with Crippen LogP contribution in [-0.2, 0) is 6.42 Å². The molecule has 13 heavy (non-hydrogen) atoms. The van der Waals surface area contributed by atoms with E-state index in [1.807, 2.05) is 6.07 Å². The van der Waals surface area contributed by atoms with E-state index in [-0.39, 0.29) is 6.04 Å². The molecule has 1 aliphatic carbocycles. The van der Waals surface area contributed by atoms with Gasteiger partial charge in [0.15, 0.2) is 0 Å². The molecule has 0 amide bonds. The first kappa shape index (κ1) is 8.57. The monoisotopic (exact) mass is 177 g/mol. The molecule has 0 saturated heterocycles. The number of rotatable bonds is 1. The van der Waals surface area contributed by atoms with Crippen LogP contribution in [0.3, 0.4) is 0 Å². The minimum Gasteiger partial charge on any atom is -0.497 e. The molecule has 2 heteroatoms. The number of nitrogens with two attached hydrogens (primary N) is 1. The lowest BCUT2D eigenvalue weighted by Crippen LogP contribution is -2.17. The molecule has 70 valence electrons. The van der Waals surface area contributed by atoms with Crippen LogP contribution in [0.25, 0.3) is 0 Å². The van der Waals surface area contributed by atoms with Gasteiger partial charge in [-0.25, -0.2) is 0 Å². The summed E-state index contributed by atoms with van der Waals surface area (Å²) in [7, 11) is 1.70. The van der Waals surface area contributed by atoms with Gasteiger partial charge in [0.1, 0.15) is 5.75 Å². The molecule has 1 aliphatic rings. The Morgan fingerprint density at radius 1 is 1.46 bits per heavy atom. The Kier molecular flexibility index (Phi) is 2.23. The average Bonchev–Trinajstić information content (AvgIpc) is 2.18. The molecule has 2 N–H and O–H groups in total. The lowest BCUT2D eigenvalue weighted by Gasteiger charge is -2.22. The third-order valence-corrected chi connectivity index (χ3v) is 2.71. The summed E-state index contributed by atoms with van der Waals surface area (Å²) in [6.45, 7) is 0. The highest BCUT2D eigenvalue weighted by molar-refractivity contribution is 5.38. The second kappa shape index (κ2) is 3.38. The number of hydrogen-bond acceptors (Lipinski definition) is 2. The standard InChI is InChI=1S/C11H15NO/c1-13-9-5-6-10-8(7-9)3-2-4-11(10)12/h5-7,11H,2-4,12H2,1H3/t11-/m0/s1. The summed E-state index contributed by atoms with van der Waals surface area (Å²) >= 11 is 0. The average molecular weight is 177 g/mol. The van der Waals surface area contributed by atoms with Crippen molar-refractivity contribution in [2.75, 3.05) is 7.11 Å². The minimum atomic E-state index is 0.231. The van der Waals surface area contributed by atoms with Gasteiger partial charge in [-0.05, 0) is 42.5 Å². The number of fused-ring (bicyclic) bond motifs is 1. The maximum Gasteiger partial charge on any atom is 0.119 e. The zero-order valence-corrected chi connectivity index (χ0v) is 7.92. The van der Waals surface area contributed by atoms with E-state index in [4.69, 9.17) is 10.5 Å². The van der Waals surface area contributed by atoms with Gasteiger partial charge in [0.25, 0.3) is 0 Å². The fraction of sp³-hybridized carbons (Fsp3) is 0.455. The Bertz CT molecular complexity index is 309. The second-order valence-electron chi connectivity index (χ2n) is 3.56. The van der Waals surface area contributed by atoms with Crippen molar-refractivity contribution in [1.29, 1.82) is 0 Å². The van der Waals surface area contributed by atoms with Crippen LogP contribution in [0.2, 0.25) is 0 Å². The van der Waals surface area contributed by atoms with E-state index in [1.165, 1.54) is 17.5 Å². The first-order chi connectivity index (χ1) is 6.31. The summed E-state index contributed by atoms with van der Waals surface area (Å²) < 4.78 is 5.17. The summed E-state index contributed by atoms with van der Waals surface area (Å²) in [4.78, 5) is 0. The van der Waals surface area contributed by atoms with Gasteiger partial charge in [0.05, 0.1) is 7.11 Å². The molecule has 0 saturated carbocycles. The molecule has 0 unspecified atom stereocenters. The van der Waals surface area contributed by atoms with E-state index in [2.05, 4.69) is 12.1 Å². The molecule has 0 aliphatic heterocycles. The highest BCUT2D eigenvalue weighted by Crippen LogP contribution is 2.30. The number of methoxy groups -OCH3 is 1. The van der Waals surface area contributed by atoms with Crippen molar-refractivity contribution < 1.29 is 4.74 Å². The highest BCUT2D eigenvalue weighted by Gasteiger charge is 2.16. The van der Waals surface area contributed by atoms with Gasteiger partial charge in [-0.3, -0.25) is 0 Å². The Morgan fingerprint density at radius 2 is 2.31 bits per heavy atom. The second-order valence-corrected chi connectivity index (χ2v) is 3.56. The smallest absolute Gasteiger partial charge is 0.119 e. The van der Waals surface area contributed by atoms with Crippen LogP contribution in [0.4, 0.5) is 0 Å². The van der Waals surface area contributed by atoms with Crippen molar-refractivity contribution in [2.45, 2.75) is 25.3 Å². The van der Waals surface area contributed by atoms with Crippen LogP contribution in [0.5, 0.6) is 5.75 Å². The van der Waals surface area contributed by atoms with Gasteiger partial charge >= 0.3 is 0 Å². The summed E-state index contributed by atoms with van der Waals surface area (Å²) in [5.41, 5.74) is 8.65. The topological polar surface area (TPSA) is 35.2 Å². The zero-order chi connectivity index (χ0) is 9.26. The van der Waals surface area contributed by atoms with Gasteiger partial charge < -0.3 is 10.5 Å². The molecule has 0 radical (unpaired) electrons. The van der Waals surface area contributed by atoms with Gasteiger partial charge in [0.2, 0.25) is 0 Å². The lowest BCUT2D eigenvalue weighted by atomic mass is 9.88. The quantitative estimate of drug-likeness (QED) is 0.712. The normalized spacial score (nSPS) is 20.9. The first-order valence-corrected chi connectivity index (χ1v) is 4.73. The van der Waals surface area contributed by atoms with Gasteiger partial charge in [-0.1, -0.05) is 6.07 Å². The molecule has 1 aromatic rings. The molecule has 0 spiro atoms. The van der Waals surface area contributed by atoms with Crippen molar-refractivity contribution in [3.63, 3.8) is 0 Å². The fourth-order valence-corrected chi connectivity index (χ4v) is 1.96. The van der Waals surface area contributed by atoms with Crippen LogP contribution >= 0.6 is 0 Å². The first-order valence-electron chi connectivity index (χ1n) is 4.73. The van der Waals surface area contributed by atoms with E-state index < -0.39 is 0 Å². The van der Waals surface area contributed by atoms with E-state index >= 15 is 0 Å². The van der Waals surface area contributed by atoms with Crippen LogP contribution < -0.4 is 10.5 Å². The van der Waals surface area contributed by atoms with E-state index in [9.17, 15) is 0 Å². The third-order valence-electron chi connectivity index (χ3n) is 2.71. The van der Waals surface area contributed by atoms with Crippen molar-refractivity contribution >= 4 is 0 Å². The lowest BCUT2D eigenvalue weighted by molar-refractivity contribution is 0.413. The van der Waals surface area contributed by atoms with Crippen LogP contribution in [0.1, 0.15) is 30.0 Å². The predicted octanol–water partition coefficient (Wildman–Crippen LogP) is 2.03.